The van der Waals surface area contributed by atoms with Gasteiger partial charge in [-0.15, -0.1) is 0 Å². The van der Waals surface area contributed by atoms with Gasteiger partial charge in [0.25, 0.3) is 0 Å². The van der Waals surface area contributed by atoms with Crippen LogP contribution in [-0.2, 0) is 17.9 Å². The number of hydrogen-bond donors (Lipinski definition) is 0. The number of hydrogen-bond acceptors (Lipinski definition) is 1. The predicted octanol–water partition coefficient (Wildman–Crippen LogP) is 6.96. The van der Waals surface area contributed by atoms with Crippen molar-refractivity contribution in [2.24, 2.45) is 5.92 Å². The molecular formula is C32H41N2O+. The van der Waals surface area contributed by atoms with E-state index in [9.17, 15) is 4.79 Å². The highest BCUT2D eigenvalue weighted by Crippen LogP contribution is 2.40. The first-order valence-electron chi connectivity index (χ1n) is 13.1. The number of carbonyl (C=O) groups excluding carboxylic acids is 1. The molecule has 3 atom stereocenters. The number of quaternary nitrogens is 1. The van der Waals surface area contributed by atoms with Crippen molar-refractivity contribution in [3.63, 3.8) is 0 Å². The van der Waals surface area contributed by atoms with Crippen LogP contribution in [0.3, 0.4) is 0 Å². The van der Waals surface area contributed by atoms with Gasteiger partial charge in [-0.2, -0.15) is 0 Å². The molecule has 3 nitrogen and oxygen atoms in total. The third-order valence-corrected chi connectivity index (χ3v) is 7.77. The zero-order valence-electron chi connectivity index (χ0n) is 21.9. The normalized spacial score (nSPS) is 19.2. The van der Waals surface area contributed by atoms with E-state index < -0.39 is 0 Å². The van der Waals surface area contributed by atoms with Gasteiger partial charge in [-0.05, 0) is 36.8 Å². The highest BCUT2D eigenvalue weighted by molar-refractivity contribution is 5.80. The third-order valence-electron chi connectivity index (χ3n) is 7.77. The van der Waals surface area contributed by atoms with E-state index in [0.717, 1.165) is 36.8 Å². The minimum absolute atomic E-state index is 0.0658. The van der Waals surface area contributed by atoms with Crippen LogP contribution in [0.4, 0.5) is 0 Å². The molecule has 184 valence electrons. The standard InChI is InChI=1S/C32H41N2O/c1-25(28-15-9-6-10-16-28)33(2)32(35)31-18-12-11-17-30(31)29-21-19-27(20-22-29)24-34(3,4)23-26-13-7-5-8-14-26/h5-10,13-16,19-22,25,30-31H,11-12,17-18,23-24H2,1-4H3/q+1/t25-,30+,31-/m0/s1. The maximum absolute atomic E-state index is 13.6. The molecule has 1 amide bonds. The summed E-state index contributed by atoms with van der Waals surface area (Å²) in [5, 5.41) is 0. The molecule has 4 rings (SSSR count). The summed E-state index contributed by atoms with van der Waals surface area (Å²) in [4.78, 5) is 15.6. The van der Waals surface area contributed by atoms with Crippen LogP contribution >= 0.6 is 0 Å². The monoisotopic (exact) mass is 469 g/mol. The van der Waals surface area contributed by atoms with E-state index >= 15 is 0 Å². The smallest absolute Gasteiger partial charge is 0.226 e. The second kappa shape index (κ2) is 11.2. The second-order valence-corrected chi connectivity index (χ2v) is 11.0. The Hall–Kier alpha value is -2.91. The minimum atomic E-state index is 0.0658. The maximum Gasteiger partial charge on any atom is 0.226 e. The Morgan fingerprint density at radius 1 is 0.829 bits per heavy atom. The summed E-state index contributed by atoms with van der Waals surface area (Å²) >= 11 is 0. The van der Waals surface area contributed by atoms with Crippen molar-refractivity contribution in [1.82, 2.24) is 4.90 Å². The van der Waals surface area contributed by atoms with Crippen LogP contribution in [0.2, 0.25) is 0 Å². The molecule has 3 aromatic carbocycles. The van der Waals surface area contributed by atoms with Gasteiger partial charge in [0.05, 0.1) is 20.1 Å². The quantitative estimate of drug-likeness (QED) is 0.327. The van der Waals surface area contributed by atoms with E-state index in [-0.39, 0.29) is 17.9 Å². The summed E-state index contributed by atoms with van der Waals surface area (Å²) in [5.41, 5.74) is 5.23. The predicted molar refractivity (Wildman–Crippen MR) is 145 cm³/mol. The van der Waals surface area contributed by atoms with Gasteiger partial charge in [-0.1, -0.05) is 97.8 Å². The lowest BCUT2D eigenvalue weighted by atomic mass is 9.74. The van der Waals surface area contributed by atoms with Crippen LogP contribution in [-0.4, -0.2) is 36.4 Å². The SMILES string of the molecule is C[C@@H](c1ccccc1)N(C)C(=O)[C@H]1CCCC[C@@H]1c1ccc(C[N+](C)(C)Cc2ccccc2)cc1. The van der Waals surface area contributed by atoms with Gasteiger partial charge in [0, 0.05) is 24.1 Å². The van der Waals surface area contributed by atoms with Gasteiger partial charge >= 0.3 is 0 Å². The first kappa shape index (κ1) is 25.2. The maximum atomic E-state index is 13.6. The number of benzene rings is 3. The number of carbonyl (C=O) groups is 1. The molecule has 0 unspecified atom stereocenters. The lowest BCUT2D eigenvalue weighted by Crippen LogP contribution is -2.39. The molecule has 1 fully saturated rings. The van der Waals surface area contributed by atoms with E-state index in [1.165, 1.54) is 28.7 Å². The molecule has 0 heterocycles. The fourth-order valence-corrected chi connectivity index (χ4v) is 5.73. The molecule has 0 spiro atoms. The van der Waals surface area contributed by atoms with Crippen molar-refractivity contribution in [3.8, 4) is 0 Å². The Bertz CT molecular complexity index is 1080. The van der Waals surface area contributed by atoms with Gasteiger partial charge in [0.1, 0.15) is 13.1 Å². The molecule has 0 radical (unpaired) electrons. The summed E-state index contributed by atoms with van der Waals surface area (Å²) in [5.74, 6) is 0.661. The first-order valence-corrected chi connectivity index (χ1v) is 13.1. The lowest BCUT2D eigenvalue weighted by molar-refractivity contribution is -0.916. The van der Waals surface area contributed by atoms with Crippen LogP contribution < -0.4 is 0 Å². The van der Waals surface area contributed by atoms with Crippen LogP contribution in [0, 0.1) is 5.92 Å². The van der Waals surface area contributed by atoms with Crippen molar-refractivity contribution in [3.05, 3.63) is 107 Å². The Labute approximate surface area is 212 Å². The summed E-state index contributed by atoms with van der Waals surface area (Å²) < 4.78 is 0.913. The molecule has 0 aromatic heterocycles. The molecule has 0 saturated heterocycles. The average molecular weight is 470 g/mol. The van der Waals surface area contributed by atoms with E-state index in [0.29, 0.717) is 5.92 Å². The molecule has 1 aliphatic rings. The molecule has 0 bridgehead atoms. The summed E-state index contributed by atoms with van der Waals surface area (Å²) in [7, 11) is 6.56. The summed E-state index contributed by atoms with van der Waals surface area (Å²) in [6.07, 6.45) is 4.43. The first-order chi connectivity index (χ1) is 16.8. The molecule has 3 heteroatoms. The molecule has 0 N–H and O–H groups in total. The molecular weight excluding hydrogens is 428 g/mol. The fraction of sp³-hybridized carbons (Fsp3) is 0.406. The van der Waals surface area contributed by atoms with Crippen molar-refractivity contribution < 1.29 is 9.28 Å². The van der Waals surface area contributed by atoms with Crippen molar-refractivity contribution >= 4 is 5.91 Å². The highest BCUT2D eigenvalue weighted by atomic mass is 16.2. The number of nitrogens with zero attached hydrogens (tertiary/aromatic N) is 2. The molecule has 0 aliphatic heterocycles. The Balaban J connectivity index is 1.44. The molecule has 35 heavy (non-hydrogen) atoms. The van der Waals surface area contributed by atoms with Gasteiger partial charge in [0.15, 0.2) is 0 Å². The molecule has 1 saturated carbocycles. The summed E-state index contributed by atoms with van der Waals surface area (Å²) in [6.45, 7) is 4.13. The lowest BCUT2D eigenvalue weighted by Gasteiger charge is -2.36. The Kier molecular flexibility index (Phi) is 8.07. The van der Waals surface area contributed by atoms with Gasteiger partial charge in [0.2, 0.25) is 5.91 Å². The Morgan fingerprint density at radius 3 is 2.00 bits per heavy atom. The van der Waals surface area contributed by atoms with E-state index in [4.69, 9.17) is 0 Å². The summed E-state index contributed by atoms with van der Waals surface area (Å²) in [6, 6.07) is 30.3. The number of amides is 1. The third kappa shape index (κ3) is 6.41. The van der Waals surface area contributed by atoms with Crippen molar-refractivity contribution in [2.75, 3.05) is 21.1 Å². The number of rotatable bonds is 8. The zero-order chi connectivity index (χ0) is 24.8. The topological polar surface area (TPSA) is 20.3 Å². The second-order valence-electron chi connectivity index (χ2n) is 11.0. The van der Waals surface area contributed by atoms with E-state index in [2.05, 4.69) is 99.9 Å². The van der Waals surface area contributed by atoms with E-state index in [1.54, 1.807) is 0 Å². The van der Waals surface area contributed by atoms with Gasteiger partial charge in [-0.3, -0.25) is 4.79 Å². The van der Waals surface area contributed by atoms with Gasteiger partial charge in [-0.25, -0.2) is 0 Å². The van der Waals surface area contributed by atoms with Crippen LogP contribution in [0.5, 0.6) is 0 Å². The molecule has 3 aromatic rings. The highest BCUT2D eigenvalue weighted by Gasteiger charge is 2.35. The Morgan fingerprint density at radius 2 is 1.37 bits per heavy atom. The van der Waals surface area contributed by atoms with Crippen molar-refractivity contribution in [2.45, 2.75) is 57.7 Å². The van der Waals surface area contributed by atoms with Crippen molar-refractivity contribution in [1.29, 1.82) is 0 Å². The fourth-order valence-electron chi connectivity index (χ4n) is 5.73. The largest absolute Gasteiger partial charge is 0.339 e. The minimum Gasteiger partial charge on any atom is -0.339 e. The van der Waals surface area contributed by atoms with Crippen LogP contribution in [0.25, 0.3) is 0 Å². The van der Waals surface area contributed by atoms with Gasteiger partial charge < -0.3 is 9.38 Å². The molecule has 1 aliphatic carbocycles. The van der Waals surface area contributed by atoms with E-state index in [1.807, 2.05) is 18.0 Å². The van der Waals surface area contributed by atoms with Crippen LogP contribution in [0.15, 0.2) is 84.9 Å². The average Bonchev–Trinajstić information content (AvgIpc) is 2.88. The van der Waals surface area contributed by atoms with Crippen LogP contribution in [0.1, 0.15) is 66.8 Å². The zero-order valence-corrected chi connectivity index (χ0v) is 21.9.